The predicted molar refractivity (Wildman–Crippen MR) is 144 cm³/mol. The lowest BCUT2D eigenvalue weighted by molar-refractivity contribution is 0.0898. The van der Waals surface area contributed by atoms with E-state index in [1.54, 1.807) is 0 Å². The third-order valence-corrected chi connectivity index (χ3v) is 9.62. The molecule has 8 nitrogen and oxygen atoms in total. The first-order valence-corrected chi connectivity index (χ1v) is 17.0. The average Bonchev–Trinajstić information content (AvgIpc) is 3.56. The van der Waals surface area contributed by atoms with Crippen LogP contribution >= 0.6 is 15.9 Å². The van der Waals surface area contributed by atoms with Gasteiger partial charge in [-0.15, -0.1) is 0 Å². The molecule has 0 radical (unpaired) electrons. The fourth-order valence-electron chi connectivity index (χ4n) is 5.23. The number of aryl methyl sites for hydroxylation is 1. The molecule has 2 aliphatic heterocycles. The maximum atomic E-state index is 12.4. The third kappa shape index (κ3) is 4.80. The summed E-state index contributed by atoms with van der Waals surface area (Å²) in [5, 5.41) is 8.92. The number of halogens is 1. The zero-order valence-corrected chi connectivity index (χ0v) is 23.7. The molecule has 188 valence electrons. The minimum atomic E-state index is -1.11. The first-order chi connectivity index (χ1) is 16.7. The van der Waals surface area contributed by atoms with Crippen molar-refractivity contribution in [1.82, 2.24) is 29.5 Å². The second kappa shape index (κ2) is 9.37. The fourth-order valence-corrected chi connectivity index (χ4v) is 6.53. The number of hydrogen-bond donors (Lipinski definition) is 1. The van der Waals surface area contributed by atoms with Crippen LogP contribution in [0.2, 0.25) is 25.7 Å². The van der Waals surface area contributed by atoms with E-state index >= 15 is 0 Å². The summed E-state index contributed by atoms with van der Waals surface area (Å²) < 4.78 is 11.2. The highest BCUT2D eigenvalue weighted by atomic mass is 79.9. The Hall–Kier alpha value is -2.17. The number of rotatable bonds is 7. The van der Waals surface area contributed by atoms with Crippen molar-refractivity contribution in [2.24, 2.45) is 0 Å². The van der Waals surface area contributed by atoms with Gasteiger partial charge < -0.3 is 19.5 Å². The number of urea groups is 1. The predicted octanol–water partition coefficient (Wildman–Crippen LogP) is 5.05. The van der Waals surface area contributed by atoms with Gasteiger partial charge in [-0.2, -0.15) is 5.10 Å². The van der Waals surface area contributed by atoms with E-state index in [0.717, 1.165) is 71.9 Å². The molecule has 1 spiro atoms. The summed E-state index contributed by atoms with van der Waals surface area (Å²) in [4.78, 5) is 19.1. The lowest BCUT2D eigenvalue weighted by Crippen LogP contribution is -2.40. The molecule has 3 aromatic rings. The number of carbonyl (C=O) groups is 1. The van der Waals surface area contributed by atoms with Crippen molar-refractivity contribution in [3.63, 3.8) is 0 Å². The molecule has 0 bridgehead atoms. The monoisotopic (exact) mass is 558 g/mol. The Labute approximate surface area is 216 Å². The summed E-state index contributed by atoms with van der Waals surface area (Å²) in [7, 11) is -1.11. The topological polar surface area (TPSA) is 77.2 Å². The van der Waals surface area contributed by atoms with Gasteiger partial charge in [-0.05, 0) is 53.9 Å². The van der Waals surface area contributed by atoms with E-state index in [9.17, 15) is 4.79 Å². The van der Waals surface area contributed by atoms with Crippen LogP contribution in [0.25, 0.3) is 22.3 Å². The van der Waals surface area contributed by atoms with Crippen LogP contribution in [0.15, 0.2) is 29.0 Å². The van der Waals surface area contributed by atoms with Crippen molar-refractivity contribution >= 4 is 41.1 Å². The van der Waals surface area contributed by atoms with Gasteiger partial charge in [-0.1, -0.05) is 19.6 Å². The van der Waals surface area contributed by atoms with E-state index in [1.807, 2.05) is 24.2 Å². The Morgan fingerprint density at radius 1 is 1.26 bits per heavy atom. The Bertz CT molecular complexity index is 1250. The minimum Gasteiger partial charge on any atom is -0.361 e. The summed E-state index contributed by atoms with van der Waals surface area (Å²) in [6, 6.07) is 5.56. The van der Waals surface area contributed by atoms with Crippen molar-refractivity contribution < 1.29 is 9.53 Å². The molecule has 1 atom stereocenters. The normalized spacial score (nSPS) is 19.7. The summed E-state index contributed by atoms with van der Waals surface area (Å²) in [5.74, 6) is 0. The molecule has 0 saturated carbocycles. The Morgan fingerprint density at radius 3 is 2.83 bits per heavy atom. The van der Waals surface area contributed by atoms with Crippen molar-refractivity contribution in [1.29, 1.82) is 0 Å². The van der Waals surface area contributed by atoms with Crippen LogP contribution in [-0.2, 0) is 23.4 Å². The van der Waals surface area contributed by atoms with Gasteiger partial charge in [0, 0.05) is 79.8 Å². The number of aromatic nitrogens is 4. The van der Waals surface area contributed by atoms with Crippen LogP contribution in [0.1, 0.15) is 25.5 Å². The largest absolute Gasteiger partial charge is 0.361 e. The van der Waals surface area contributed by atoms with Gasteiger partial charge in [-0.25, -0.2) is 9.78 Å². The van der Waals surface area contributed by atoms with Gasteiger partial charge in [0.2, 0.25) is 0 Å². The molecule has 1 saturated heterocycles. The molecule has 0 aliphatic carbocycles. The molecule has 1 unspecified atom stereocenters. The number of pyridine rings is 1. The van der Waals surface area contributed by atoms with Crippen molar-refractivity contribution in [3.8, 4) is 11.3 Å². The maximum Gasteiger partial charge on any atom is 0.317 e. The van der Waals surface area contributed by atoms with Gasteiger partial charge in [0.15, 0.2) is 0 Å². The van der Waals surface area contributed by atoms with E-state index in [2.05, 4.69) is 62.3 Å². The van der Waals surface area contributed by atoms with Gasteiger partial charge in [0.05, 0.1) is 5.69 Å². The second-order valence-corrected chi connectivity index (χ2v) is 17.5. The van der Waals surface area contributed by atoms with Crippen LogP contribution in [-0.4, -0.2) is 64.6 Å². The fraction of sp³-hybridized carbons (Fsp3) is 0.560. The summed E-state index contributed by atoms with van der Waals surface area (Å²) in [6.07, 6.45) is 5.98. The maximum absolute atomic E-state index is 12.4. The standard InChI is InChI=1S/C25H35BrN6O2Si/c1-5-27-24(33)30-8-6-25(16-30)7-9-32-22(25)13-21(29-32)18-12-19-20(26)15-31(23(19)28-14-18)17-34-10-11-35(2,3)4/h12-15H,5-11,16-17H2,1-4H3,(H,27,33). The molecule has 5 rings (SSSR count). The van der Waals surface area contributed by atoms with Crippen LogP contribution < -0.4 is 5.32 Å². The van der Waals surface area contributed by atoms with Gasteiger partial charge >= 0.3 is 6.03 Å². The van der Waals surface area contributed by atoms with Crippen LogP contribution in [0.3, 0.4) is 0 Å². The molecule has 5 heterocycles. The molecule has 1 fully saturated rings. The third-order valence-electron chi connectivity index (χ3n) is 7.28. The number of nitrogens with one attached hydrogen (secondary N) is 1. The zero-order valence-electron chi connectivity index (χ0n) is 21.1. The van der Waals surface area contributed by atoms with Gasteiger partial charge in [0.1, 0.15) is 12.4 Å². The highest BCUT2D eigenvalue weighted by molar-refractivity contribution is 9.10. The van der Waals surface area contributed by atoms with Crippen LogP contribution in [0.4, 0.5) is 4.79 Å². The van der Waals surface area contributed by atoms with E-state index in [0.29, 0.717) is 13.3 Å². The zero-order chi connectivity index (χ0) is 24.8. The Balaban J connectivity index is 1.34. The lowest BCUT2D eigenvalue weighted by Gasteiger charge is -2.23. The van der Waals surface area contributed by atoms with Gasteiger partial charge in [0.25, 0.3) is 0 Å². The molecule has 3 aromatic heterocycles. The van der Waals surface area contributed by atoms with Gasteiger partial charge in [-0.3, -0.25) is 4.68 Å². The van der Waals surface area contributed by atoms with Crippen molar-refractivity contribution in [2.75, 3.05) is 26.2 Å². The van der Waals surface area contributed by atoms with Crippen LogP contribution in [0.5, 0.6) is 0 Å². The number of carbonyl (C=O) groups excluding carboxylic acids is 1. The second-order valence-electron chi connectivity index (χ2n) is 11.1. The molecule has 0 aromatic carbocycles. The minimum absolute atomic E-state index is 0.00498. The lowest BCUT2D eigenvalue weighted by atomic mass is 9.82. The average molecular weight is 560 g/mol. The highest BCUT2D eigenvalue weighted by Crippen LogP contribution is 2.44. The van der Waals surface area contributed by atoms with Crippen molar-refractivity contribution in [3.05, 3.63) is 34.7 Å². The smallest absolute Gasteiger partial charge is 0.317 e. The van der Waals surface area contributed by atoms with E-state index in [4.69, 9.17) is 14.8 Å². The number of fused-ring (bicyclic) bond motifs is 3. The molecule has 10 heteroatoms. The Kier molecular flexibility index (Phi) is 6.56. The summed E-state index contributed by atoms with van der Waals surface area (Å²) in [6.45, 7) is 13.4. The van der Waals surface area contributed by atoms with Crippen molar-refractivity contribution in [2.45, 2.75) is 64.1 Å². The van der Waals surface area contributed by atoms with Crippen LogP contribution in [0, 0.1) is 0 Å². The number of nitrogens with zero attached hydrogens (tertiary/aromatic N) is 5. The highest BCUT2D eigenvalue weighted by Gasteiger charge is 2.46. The summed E-state index contributed by atoms with van der Waals surface area (Å²) >= 11 is 3.71. The first kappa shape index (κ1) is 24.5. The molecule has 1 N–H and O–H groups in total. The molecule has 2 aliphatic rings. The number of hydrogen-bond acceptors (Lipinski definition) is 4. The molecular formula is C25H35BrN6O2Si. The number of ether oxygens (including phenoxy) is 1. The number of amides is 2. The molecule has 2 amide bonds. The molecular weight excluding hydrogens is 524 g/mol. The summed E-state index contributed by atoms with van der Waals surface area (Å²) in [5.41, 5.74) is 4.10. The van der Waals surface area contributed by atoms with E-state index < -0.39 is 8.07 Å². The van der Waals surface area contributed by atoms with E-state index in [1.165, 1.54) is 5.69 Å². The van der Waals surface area contributed by atoms with E-state index in [-0.39, 0.29) is 11.4 Å². The quantitative estimate of drug-likeness (QED) is 0.325. The Morgan fingerprint density at radius 2 is 2.06 bits per heavy atom. The first-order valence-electron chi connectivity index (χ1n) is 12.5. The number of likely N-dealkylation sites (tertiary alicyclic amines) is 1. The SMILES string of the molecule is CCNC(=O)N1CCC2(CCn3nc(-c4cnc5c(c4)c(Br)cn5COCC[Si](C)(C)C)cc32)C1. The molecule has 35 heavy (non-hydrogen) atoms.